The molecular weight excluding hydrogens is 428 g/mol. The quantitative estimate of drug-likeness (QED) is 0.585. The summed E-state index contributed by atoms with van der Waals surface area (Å²) < 4.78 is 7.40. The Labute approximate surface area is 193 Å². The zero-order valence-corrected chi connectivity index (χ0v) is 19.6. The van der Waals surface area contributed by atoms with Crippen LogP contribution < -0.4 is 0 Å². The molecule has 9 nitrogen and oxygen atoms in total. The number of likely N-dealkylation sites (tertiary alicyclic amines) is 1. The molecule has 10 heteroatoms. The summed E-state index contributed by atoms with van der Waals surface area (Å²) in [5, 5.41) is 9.20. The Bertz CT molecular complexity index is 884. The van der Waals surface area contributed by atoms with Gasteiger partial charge in [-0.25, -0.2) is 0 Å². The minimum atomic E-state index is 0.0960. The van der Waals surface area contributed by atoms with E-state index in [1.54, 1.807) is 6.26 Å². The fraction of sp³-hybridized carbons (Fsp3) is 0.636. The summed E-state index contributed by atoms with van der Waals surface area (Å²) in [6.45, 7) is 7.75. The maximum absolute atomic E-state index is 12.8. The fourth-order valence-corrected chi connectivity index (χ4v) is 5.16. The lowest BCUT2D eigenvalue weighted by Crippen LogP contribution is -2.52. The van der Waals surface area contributed by atoms with Crippen molar-refractivity contribution < 1.29 is 14.0 Å². The molecule has 4 rings (SSSR count). The summed E-state index contributed by atoms with van der Waals surface area (Å²) >= 11 is 1.41. The number of rotatable bonds is 7. The zero-order valence-electron chi connectivity index (χ0n) is 18.7. The molecule has 0 atom stereocenters. The van der Waals surface area contributed by atoms with Crippen LogP contribution in [0.3, 0.4) is 0 Å². The predicted octanol–water partition coefficient (Wildman–Crippen LogP) is 2.20. The number of carbonyl (C=O) groups is 2. The largest absolute Gasteiger partial charge is 0.461 e. The molecule has 174 valence electrons. The Hall–Kier alpha value is -2.33. The number of thioether (sulfide) groups is 1. The highest BCUT2D eigenvalue weighted by atomic mass is 32.2. The molecule has 2 amide bonds. The van der Waals surface area contributed by atoms with Gasteiger partial charge in [0.25, 0.3) is 0 Å². The Morgan fingerprint density at radius 1 is 0.969 bits per heavy atom. The van der Waals surface area contributed by atoms with Crippen molar-refractivity contribution in [1.82, 2.24) is 29.5 Å². The van der Waals surface area contributed by atoms with Crippen molar-refractivity contribution in [3.05, 3.63) is 18.4 Å². The van der Waals surface area contributed by atoms with Gasteiger partial charge in [0.1, 0.15) is 0 Å². The van der Waals surface area contributed by atoms with Crippen molar-refractivity contribution in [2.75, 3.05) is 51.6 Å². The molecule has 2 aliphatic heterocycles. The average Bonchev–Trinajstić information content (AvgIpc) is 3.40. The molecule has 32 heavy (non-hydrogen) atoms. The van der Waals surface area contributed by atoms with Crippen molar-refractivity contribution in [1.29, 1.82) is 0 Å². The maximum Gasteiger partial charge on any atom is 0.236 e. The number of nitrogens with zero attached hydrogens (tertiary/aromatic N) is 6. The van der Waals surface area contributed by atoms with Gasteiger partial charge in [-0.05, 0) is 31.9 Å². The van der Waals surface area contributed by atoms with Gasteiger partial charge in [-0.3, -0.25) is 19.1 Å². The van der Waals surface area contributed by atoms with Crippen molar-refractivity contribution in [3.63, 3.8) is 0 Å². The Morgan fingerprint density at radius 3 is 2.34 bits per heavy atom. The smallest absolute Gasteiger partial charge is 0.236 e. The number of hydrogen-bond donors (Lipinski definition) is 0. The van der Waals surface area contributed by atoms with Crippen molar-refractivity contribution in [2.45, 2.75) is 44.3 Å². The SMILES string of the molecule is CCn1c(SCC(=O)N2CCN(CC(=O)N3CCCCCC3)CC2)nnc1-c1ccco1. The maximum atomic E-state index is 12.8. The normalized spacial score (nSPS) is 18.0. The first kappa shape index (κ1) is 22.8. The van der Waals surface area contributed by atoms with E-state index in [0.717, 1.165) is 39.0 Å². The number of amides is 2. The lowest BCUT2D eigenvalue weighted by Gasteiger charge is -2.35. The molecule has 0 radical (unpaired) electrons. The molecule has 0 bridgehead atoms. The molecule has 4 heterocycles. The second kappa shape index (κ2) is 11.0. The van der Waals surface area contributed by atoms with Gasteiger partial charge in [0.15, 0.2) is 16.7 Å². The van der Waals surface area contributed by atoms with Crippen molar-refractivity contribution in [3.8, 4) is 11.6 Å². The second-order valence-corrected chi connectivity index (χ2v) is 9.21. The molecule has 2 aromatic rings. The minimum absolute atomic E-state index is 0.0960. The van der Waals surface area contributed by atoms with E-state index < -0.39 is 0 Å². The van der Waals surface area contributed by atoms with Gasteiger partial charge in [0.05, 0.1) is 18.6 Å². The number of piperazine rings is 1. The molecule has 0 saturated carbocycles. The van der Waals surface area contributed by atoms with E-state index in [2.05, 4.69) is 15.1 Å². The summed E-state index contributed by atoms with van der Waals surface area (Å²) in [6.07, 6.45) is 6.28. The molecule has 0 aliphatic carbocycles. The second-order valence-electron chi connectivity index (χ2n) is 8.27. The molecule has 2 aromatic heterocycles. The standard InChI is InChI=1S/C22H32N6O3S/c1-2-28-21(18-8-7-15-31-18)23-24-22(28)32-17-20(30)27-13-11-25(12-14-27)16-19(29)26-9-5-3-4-6-10-26/h7-8,15H,2-6,9-14,16-17H2,1H3. The van der Waals surface area contributed by atoms with Crippen LogP contribution in [0.2, 0.25) is 0 Å². The molecule has 2 aliphatic rings. The van der Waals surface area contributed by atoms with Crippen LogP contribution in [-0.4, -0.2) is 92.8 Å². The third-order valence-corrected chi connectivity index (χ3v) is 7.09. The number of hydrogen-bond acceptors (Lipinski definition) is 7. The topological polar surface area (TPSA) is 87.7 Å². The molecule has 2 fully saturated rings. The number of furan rings is 1. The zero-order chi connectivity index (χ0) is 22.3. The summed E-state index contributed by atoms with van der Waals surface area (Å²) in [5.41, 5.74) is 0. The fourth-order valence-electron chi connectivity index (χ4n) is 4.25. The average molecular weight is 461 g/mol. The van der Waals surface area contributed by atoms with E-state index in [4.69, 9.17) is 4.42 Å². The molecule has 0 spiro atoms. The molecule has 0 N–H and O–H groups in total. The summed E-state index contributed by atoms with van der Waals surface area (Å²) in [4.78, 5) is 31.5. The molecular formula is C22H32N6O3S. The van der Waals surface area contributed by atoms with E-state index in [0.29, 0.717) is 48.7 Å². The van der Waals surface area contributed by atoms with Crippen LogP contribution in [0, 0.1) is 0 Å². The van der Waals surface area contributed by atoms with Gasteiger partial charge >= 0.3 is 0 Å². The van der Waals surface area contributed by atoms with Gasteiger partial charge in [0.2, 0.25) is 11.8 Å². The van der Waals surface area contributed by atoms with E-state index >= 15 is 0 Å². The van der Waals surface area contributed by atoms with Crippen LogP contribution in [0.5, 0.6) is 0 Å². The lowest BCUT2D eigenvalue weighted by atomic mass is 10.2. The highest BCUT2D eigenvalue weighted by Gasteiger charge is 2.25. The van der Waals surface area contributed by atoms with Crippen LogP contribution >= 0.6 is 11.8 Å². The van der Waals surface area contributed by atoms with Gasteiger partial charge < -0.3 is 14.2 Å². The summed E-state index contributed by atoms with van der Waals surface area (Å²) in [6, 6.07) is 3.67. The minimum Gasteiger partial charge on any atom is -0.461 e. The highest BCUT2D eigenvalue weighted by Crippen LogP contribution is 2.24. The first-order chi connectivity index (χ1) is 15.7. The third-order valence-electron chi connectivity index (χ3n) is 6.14. The van der Waals surface area contributed by atoms with Gasteiger partial charge in [-0.15, -0.1) is 10.2 Å². The van der Waals surface area contributed by atoms with Gasteiger partial charge in [0, 0.05) is 45.8 Å². The lowest BCUT2D eigenvalue weighted by molar-refractivity contribution is -0.134. The Morgan fingerprint density at radius 2 is 1.69 bits per heavy atom. The van der Waals surface area contributed by atoms with Crippen LogP contribution in [-0.2, 0) is 16.1 Å². The molecule has 0 aromatic carbocycles. The number of aromatic nitrogens is 3. The van der Waals surface area contributed by atoms with E-state index in [9.17, 15) is 9.59 Å². The first-order valence-electron chi connectivity index (χ1n) is 11.5. The van der Waals surface area contributed by atoms with Crippen LogP contribution in [0.1, 0.15) is 32.6 Å². The van der Waals surface area contributed by atoms with Crippen molar-refractivity contribution in [2.24, 2.45) is 0 Å². The van der Waals surface area contributed by atoms with E-state index in [1.807, 2.05) is 33.4 Å². The first-order valence-corrected chi connectivity index (χ1v) is 12.5. The van der Waals surface area contributed by atoms with Gasteiger partial charge in [-0.1, -0.05) is 24.6 Å². The number of carbonyl (C=O) groups excluding carboxylic acids is 2. The van der Waals surface area contributed by atoms with E-state index in [-0.39, 0.29) is 11.8 Å². The predicted molar refractivity (Wildman–Crippen MR) is 122 cm³/mol. The highest BCUT2D eigenvalue weighted by molar-refractivity contribution is 7.99. The van der Waals surface area contributed by atoms with Crippen LogP contribution in [0.15, 0.2) is 28.0 Å². The Balaban J connectivity index is 1.23. The van der Waals surface area contributed by atoms with Gasteiger partial charge in [-0.2, -0.15) is 0 Å². The van der Waals surface area contributed by atoms with Crippen molar-refractivity contribution >= 4 is 23.6 Å². The summed E-state index contributed by atoms with van der Waals surface area (Å²) in [5.74, 6) is 1.99. The monoisotopic (exact) mass is 460 g/mol. The summed E-state index contributed by atoms with van der Waals surface area (Å²) in [7, 11) is 0. The third kappa shape index (κ3) is 5.53. The Kier molecular flexibility index (Phi) is 7.85. The molecule has 2 saturated heterocycles. The van der Waals surface area contributed by atoms with Crippen LogP contribution in [0.25, 0.3) is 11.6 Å². The molecule has 0 unspecified atom stereocenters. The van der Waals surface area contributed by atoms with E-state index in [1.165, 1.54) is 24.6 Å². The van der Waals surface area contributed by atoms with Crippen LogP contribution in [0.4, 0.5) is 0 Å².